The Labute approximate surface area is 159 Å². The number of nitrogens with one attached hydrogen (secondary N) is 1. The van der Waals surface area contributed by atoms with E-state index in [9.17, 15) is 4.55 Å². The Hall–Kier alpha value is -1.44. The maximum absolute atomic E-state index is 12.6. The second kappa shape index (κ2) is 10.0. The third-order valence-corrected chi connectivity index (χ3v) is 5.45. The Bertz CT molecular complexity index is 635. The molecule has 5 nitrogen and oxygen atoms in total. The van der Waals surface area contributed by atoms with Crippen molar-refractivity contribution in [2.75, 3.05) is 13.7 Å². The first kappa shape index (κ1) is 20.9. The minimum atomic E-state index is -1.25. The van der Waals surface area contributed by atoms with E-state index in [1.165, 1.54) is 0 Å². The van der Waals surface area contributed by atoms with Crippen LogP contribution in [0.2, 0.25) is 0 Å². The van der Waals surface area contributed by atoms with Crippen LogP contribution in [-0.2, 0) is 27.4 Å². The molecule has 1 N–H and O–H groups in total. The molecule has 0 spiro atoms. The number of pyridine rings is 1. The number of benzene rings is 1. The summed E-state index contributed by atoms with van der Waals surface area (Å²) in [6.07, 6.45) is 1.36. The van der Waals surface area contributed by atoms with Crippen molar-refractivity contribution in [3.05, 3.63) is 66.0 Å². The number of hydrogen-bond acceptors (Lipinski definition) is 5. The Morgan fingerprint density at radius 3 is 2.38 bits per heavy atom. The van der Waals surface area contributed by atoms with Gasteiger partial charge in [0.1, 0.15) is 16.9 Å². The zero-order chi connectivity index (χ0) is 19.0. The second-order valence-corrected chi connectivity index (χ2v) is 9.01. The average molecular weight is 377 g/mol. The van der Waals surface area contributed by atoms with Crippen LogP contribution in [0.1, 0.15) is 38.1 Å². The van der Waals surface area contributed by atoms with Gasteiger partial charge in [-0.3, -0.25) is 4.98 Å². The van der Waals surface area contributed by atoms with Gasteiger partial charge in [-0.25, -0.2) is 0 Å². The van der Waals surface area contributed by atoms with Gasteiger partial charge in [-0.2, -0.15) is 0 Å². The van der Waals surface area contributed by atoms with Gasteiger partial charge in [0.15, 0.2) is 0 Å². The average Bonchev–Trinajstić information content (AvgIpc) is 2.63. The van der Waals surface area contributed by atoms with E-state index in [1.807, 2.05) is 69.3 Å². The van der Waals surface area contributed by atoms with Crippen molar-refractivity contribution in [2.45, 2.75) is 44.3 Å². The Balaban J connectivity index is 2.09. The van der Waals surface area contributed by atoms with Crippen molar-refractivity contribution < 1.29 is 14.0 Å². The normalized spacial score (nSPS) is 15.4. The summed E-state index contributed by atoms with van der Waals surface area (Å²) < 4.78 is 27.0. The number of aromatic nitrogens is 1. The van der Waals surface area contributed by atoms with Crippen molar-refractivity contribution >= 4 is 11.4 Å². The minimum Gasteiger partial charge on any atom is -0.598 e. The lowest BCUT2D eigenvalue weighted by atomic mass is 10.1. The largest absolute Gasteiger partial charge is 0.598 e. The van der Waals surface area contributed by atoms with Crippen molar-refractivity contribution in [1.82, 2.24) is 9.71 Å². The molecule has 0 aliphatic rings. The monoisotopic (exact) mass is 376 g/mol. The summed E-state index contributed by atoms with van der Waals surface area (Å²) in [5.41, 5.74) is 1.87. The van der Waals surface area contributed by atoms with E-state index in [4.69, 9.17) is 9.47 Å². The molecular weight excluding hydrogens is 348 g/mol. The lowest BCUT2D eigenvalue weighted by Crippen LogP contribution is -2.49. The van der Waals surface area contributed by atoms with E-state index >= 15 is 0 Å². The summed E-state index contributed by atoms with van der Waals surface area (Å²) in [5.74, 6) is 0. The van der Waals surface area contributed by atoms with E-state index in [-0.39, 0.29) is 16.9 Å². The smallest absolute Gasteiger partial charge is 0.136 e. The summed E-state index contributed by atoms with van der Waals surface area (Å²) in [4.78, 5) is 4.39. The summed E-state index contributed by atoms with van der Waals surface area (Å²) in [7, 11) is 1.63. The van der Waals surface area contributed by atoms with Crippen LogP contribution in [0.25, 0.3) is 0 Å². The molecule has 1 heterocycles. The fourth-order valence-electron chi connectivity index (χ4n) is 2.41. The number of rotatable bonds is 9. The summed E-state index contributed by atoms with van der Waals surface area (Å²) in [6, 6.07) is 15.4. The van der Waals surface area contributed by atoms with Gasteiger partial charge >= 0.3 is 0 Å². The summed E-state index contributed by atoms with van der Waals surface area (Å²) >= 11 is -1.25. The van der Waals surface area contributed by atoms with Gasteiger partial charge in [0.25, 0.3) is 0 Å². The molecule has 0 bridgehead atoms. The molecule has 0 aliphatic heterocycles. The number of methoxy groups -OCH3 is 1. The molecule has 0 aliphatic carbocycles. The first-order valence-corrected chi connectivity index (χ1v) is 9.80. The molecule has 6 heteroatoms. The van der Waals surface area contributed by atoms with Gasteiger partial charge in [-0.1, -0.05) is 36.4 Å². The number of nitrogens with zero attached hydrogens (tertiary/aromatic N) is 1. The van der Waals surface area contributed by atoms with Crippen molar-refractivity contribution in [1.29, 1.82) is 0 Å². The van der Waals surface area contributed by atoms with E-state index in [1.54, 1.807) is 13.3 Å². The van der Waals surface area contributed by atoms with Gasteiger partial charge in [0, 0.05) is 24.7 Å². The molecule has 2 rings (SSSR count). The van der Waals surface area contributed by atoms with Crippen LogP contribution in [-0.4, -0.2) is 34.0 Å². The zero-order valence-corrected chi connectivity index (χ0v) is 16.7. The highest BCUT2D eigenvalue weighted by Crippen LogP contribution is 2.22. The van der Waals surface area contributed by atoms with Gasteiger partial charge in [0.2, 0.25) is 0 Å². The molecule has 1 aromatic heterocycles. The van der Waals surface area contributed by atoms with Crippen LogP contribution in [0, 0.1) is 0 Å². The highest BCUT2D eigenvalue weighted by Gasteiger charge is 2.34. The molecule has 0 fully saturated rings. The van der Waals surface area contributed by atoms with E-state index in [2.05, 4.69) is 9.71 Å². The topological polar surface area (TPSA) is 66.4 Å². The predicted octanol–water partition coefficient (Wildman–Crippen LogP) is 3.41. The van der Waals surface area contributed by atoms with Crippen molar-refractivity contribution in [3.8, 4) is 0 Å². The molecule has 0 radical (unpaired) electrons. The Kier molecular flexibility index (Phi) is 8.06. The van der Waals surface area contributed by atoms with Gasteiger partial charge in [-0.05, 0) is 38.5 Å². The van der Waals surface area contributed by atoms with Crippen LogP contribution in [0.4, 0.5) is 0 Å². The fraction of sp³-hybridized carbons (Fsp3) is 0.450. The summed E-state index contributed by atoms with van der Waals surface area (Å²) in [6.45, 7) is 6.63. The SMILES string of the molecule is COC(c1ccccn1)C(COCc1ccccc1)N[S@+]([O-])C(C)(C)C. The van der Waals surface area contributed by atoms with E-state index in [0.29, 0.717) is 13.2 Å². The molecule has 0 saturated carbocycles. The minimum absolute atomic E-state index is 0.293. The quantitative estimate of drug-likeness (QED) is 0.680. The highest BCUT2D eigenvalue weighted by molar-refractivity contribution is 7.90. The highest BCUT2D eigenvalue weighted by atomic mass is 32.2. The lowest BCUT2D eigenvalue weighted by molar-refractivity contribution is 0.0204. The lowest BCUT2D eigenvalue weighted by Gasteiger charge is -2.31. The predicted molar refractivity (Wildman–Crippen MR) is 105 cm³/mol. The number of hydrogen-bond donors (Lipinski definition) is 1. The third kappa shape index (κ3) is 6.37. The van der Waals surface area contributed by atoms with Crippen LogP contribution in [0.5, 0.6) is 0 Å². The maximum atomic E-state index is 12.6. The third-order valence-electron chi connectivity index (χ3n) is 3.82. The van der Waals surface area contributed by atoms with Gasteiger partial charge in [0.05, 0.1) is 18.9 Å². The molecule has 26 heavy (non-hydrogen) atoms. The van der Waals surface area contributed by atoms with E-state index in [0.717, 1.165) is 11.3 Å². The molecule has 2 unspecified atom stereocenters. The second-order valence-electron chi connectivity index (χ2n) is 7.02. The number of ether oxygens (including phenoxy) is 2. The molecule has 3 atom stereocenters. The van der Waals surface area contributed by atoms with Gasteiger partial charge < -0.3 is 14.0 Å². The molecule has 1 aromatic carbocycles. The molecule has 0 saturated heterocycles. The Morgan fingerprint density at radius 1 is 1.12 bits per heavy atom. The van der Waals surface area contributed by atoms with Crippen LogP contribution >= 0.6 is 0 Å². The van der Waals surface area contributed by atoms with Crippen LogP contribution in [0.3, 0.4) is 0 Å². The van der Waals surface area contributed by atoms with Gasteiger partial charge in [-0.15, -0.1) is 4.72 Å². The van der Waals surface area contributed by atoms with Crippen molar-refractivity contribution in [3.63, 3.8) is 0 Å². The fourth-order valence-corrected chi connectivity index (χ4v) is 3.23. The molecular formula is C20H28N2O3S. The molecule has 2 aromatic rings. The zero-order valence-electron chi connectivity index (χ0n) is 15.8. The van der Waals surface area contributed by atoms with Crippen molar-refractivity contribution in [2.24, 2.45) is 0 Å². The maximum Gasteiger partial charge on any atom is 0.136 e. The standard InChI is InChI=1S/C20H28N2O3S/c1-20(2,3)26(23)22-18(15-25-14-16-10-6-5-7-11-16)19(24-4)17-12-8-9-13-21-17/h5-13,18-19,22H,14-15H2,1-4H3/t18?,19?,26-/m1/s1. The van der Waals surface area contributed by atoms with Crippen LogP contribution < -0.4 is 4.72 Å². The van der Waals surface area contributed by atoms with Crippen LogP contribution in [0.15, 0.2) is 54.7 Å². The molecule has 0 amide bonds. The Morgan fingerprint density at radius 2 is 1.81 bits per heavy atom. The molecule has 142 valence electrons. The summed E-state index contributed by atoms with van der Waals surface area (Å²) in [5, 5.41) is 0. The first-order chi connectivity index (χ1) is 12.4. The first-order valence-electron chi connectivity index (χ1n) is 8.65. The van der Waals surface area contributed by atoms with E-state index < -0.39 is 11.4 Å².